The third-order valence-corrected chi connectivity index (χ3v) is 3.71. The Labute approximate surface area is 115 Å². The van der Waals surface area contributed by atoms with Crippen molar-refractivity contribution >= 4 is 17.7 Å². The van der Waals surface area contributed by atoms with Gasteiger partial charge in [0, 0.05) is 23.6 Å². The molecule has 1 unspecified atom stereocenters. The molecule has 0 amide bonds. The molecule has 0 spiro atoms. The summed E-state index contributed by atoms with van der Waals surface area (Å²) < 4.78 is 0. The third-order valence-electron chi connectivity index (χ3n) is 2.81. The van der Waals surface area contributed by atoms with Crippen molar-refractivity contribution in [1.82, 2.24) is 15.3 Å². The minimum absolute atomic E-state index is 0.180. The highest BCUT2D eigenvalue weighted by Crippen LogP contribution is 2.21. The zero-order valence-electron chi connectivity index (χ0n) is 10.7. The number of thioether (sulfide) groups is 1. The number of aryl methyl sites for hydroxylation is 1. The van der Waals surface area contributed by atoms with Crippen LogP contribution in [-0.2, 0) is 4.79 Å². The summed E-state index contributed by atoms with van der Waals surface area (Å²) in [5, 5.41) is 12.7. The maximum absolute atomic E-state index is 11.3. The fourth-order valence-corrected chi connectivity index (χ4v) is 2.63. The Morgan fingerprint density at radius 3 is 3.00 bits per heavy atom. The molecule has 6 nitrogen and oxygen atoms in total. The molecule has 0 radical (unpaired) electrons. The Morgan fingerprint density at radius 1 is 1.68 bits per heavy atom. The number of H-pyrrole nitrogens is 1. The Morgan fingerprint density at radius 2 is 2.42 bits per heavy atom. The van der Waals surface area contributed by atoms with Crippen molar-refractivity contribution in [3.8, 4) is 0 Å². The Bertz CT molecular complexity index is 513. The van der Waals surface area contributed by atoms with Crippen LogP contribution in [0.25, 0.3) is 0 Å². The van der Waals surface area contributed by atoms with Gasteiger partial charge in [-0.05, 0) is 26.2 Å². The number of rotatable bonds is 7. The summed E-state index contributed by atoms with van der Waals surface area (Å²) in [6.45, 7) is 1.76. The van der Waals surface area contributed by atoms with Crippen LogP contribution in [0.5, 0.6) is 0 Å². The second-order valence-electron chi connectivity index (χ2n) is 4.66. The molecule has 1 aliphatic carbocycles. The molecule has 104 valence electrons. The summed E-state index contributed by atoms with van der Waals surface area (Å²) >= 11 is 1.37. The number of hydrogen-bond acceptors (Lipinski definition) is 5. The predicted molar refractivity (Wildman–Crippen MR) is 72.5 cm³/mol. The third kappa shape index (κ3) is 4.68. The standard InChI is InChI=1S/C12H17N3O3S/c1-7-6-10(16)15-12(13-7)19-5-4-9(11(17)18)14-8-2-3-8/h6,8-9,14H,2-5H2,1H3,(H,17,18)(H,13,15,16). The van der Waals surface area contributed by atoms with Crippen molar-refractivity contribution < 1.29 is 9.90 Å². The molecule has 1 aliphatic rings. The number of aliphatic carboxylic acids is 1. The average molecular weight is 283 g/mol. The maximum Gasteiger partial charge on any atom is 0.320 e. The molecule has 1 aromatic heterocycles. The molecule has 0 saturated heterocycles. The van der Waals surface area contributed by atoms with Gasteiger partial charge in [0.2, 0.25) is 0 Å². The molecule has 1 heterocycles. The van der Waals surface area contributed by atoms with Gasteiger partial charge >= 0.3 is 5.97 Å². The minimum Gasteiger partial charge on any atom is -0.480 e. The molecular weight excluding hydrogens is 266 g/mol. The monoisotopic (exact) mass is 283 g/mol. The van der Waals surface area contributed by atoms with Crippen LogP contribution in [0.1, 0.15) is 25.0 Å². The number of carboxylic acids is 1. The molecule has 0 aliphatic heterocycles. The SMILES string of the molecule is Cc1cc(=O)[nH]c(SCCC(NC2CC2)C(=O)O)n1. The topological polar surface area (TPSA) is 95.1 Å². The van der Waals surface area contributed by atoms with Crippen LogP contribution < -0.4 is 10.9 Å². The summed E-state index contributed by atoms with van der Waals surface area (Å²) in [7, 11) is 0. The van der Waals surface area contributed by atoms with E-state index in [9.17, 15) is 9.59 Å². The summed E-state index contributed by atoms with van der Waals surface area (Å²) in [4.78, 5) is 29.1. The summed E-state index contributed by atoms with van der Waals surface area (Å²) in [6, 6.07) is 1.28. The summed E-state index contributed by atoms with van der Waals surface area (Å²) in [6.07, 6.45) is 2.63. The fraction of sp³-hybridized carbons (Fsp3) is 0.583. The smallest absolute Gasteiger partial charge is 0.320 e. The van der Waals surface area contributed by atoms with Gasteiger partial charge in [-0.2, -0.15) is 0 Å². The Kier molecular flexibility index (Phi) is 4.60. The van der Waals surface area contributed by atoms with Crippen molar-refractivity contribution in [2.24, 2.45) is 0 Å². The zero-order valence-corrected chi connectivity index (χ0v) is 11.5. The van der Waals surface area contributed by atoms with Gasteiger partial charge in [0.15, 0.2) is 5.16 Å². The quantitative estimate of drug-likeness (QED) is 0.505. The fourth-order valence-electron chi connectivity index (χ4n) is 1.71. The second-order valence-corrected chi connectivity index (χ2v) is 5.74. The highest BCUT2D eigenvalue weighted by atomic mass is 32.2. The van der Waals surface area contributed by atoms with E-state index in [0.717, 1.165) is 12.8 Å². The molecule has 1 fully saturated rings. The van der Waals surface area contributed by atoms with E-state index in [4.69, 9.17) is 5.11 Å². The molecule has 0 aromatic carbocycles. The number of carboxylic acid groups (broad SMARTS) is 1. The molecular formula is C12H17N3O3S. The average Bonchev–Trinajstić information content (AvgIpc) is 3.10. The van der Waals surface area contributed by atoms with Crippen molar-refractivity contribution in [3.63, 3.8) is 0 Å². The van der Waals surface area contributed by atoms with E-state index < -0.39 is 12.0 Å². The van der Waals surface area contributed by atoms with E-state index in [2.05, 4.69) is 15.3 Å². The van der Waals surface area contributed by atoms with Crippen LogP contribution in [-0.4, -0.2) is 38.9 Å². The molecule has 1 saturated carbocycles. The first-order valence-electron chi connectivity index (χ1n) is 6.24. The first kappa shape index (κ1) is 14.1. The Balaban J connectivity index is 1.83. The van der Waals surface area contributed by atoms with Gasteiger partial charge in [0.25, 0.3) is 5.56 Å². The van der Waals surface area contributed by atoms with Gasteiger partial charge in [0.1, 0.15) is 6.04 Å². The van der Waals surface area contributed by atoms with Gasteiger partial charge in [-0.3, -0.25) is 9.59 Å². The van der Waals surface area contributed by atoms with Gasteiger partial charge in [-0.15, -0.1) is 0 Å². The van der Waals surface area contributed by atoms with E-state index in [1.165, 1.54) is 17.8 Å². The molecule has 3 N–H and O–H groups in total. The molecule has 1 atom stereocenters. The molecule has 7 heteroatoms. The van der Waals surface area contributed by atoms with E-state index in [1.54, 1.807) is 6.92 Å². The van der Waals surface area contributed by atoms with Crippen molar-refractivity contribution in [3.05, 3.63) is 22.1 Å². The van der Waals surface area contributed by atoms with Gasteiger partial charge in [-0.1, -0.05) is 11.8 Å². The van der Waals surface area contributed by atoms with E-state index in [0.29, 0.717) is 29.1 Å². The number of nitrogens with zero attached hydrogens (tertiary/aromatic N) is 1. The number of aromatic amines is 1. The largest absolute Gasteiger partial charge is 0.480 e. The van der Waals surface area contributed by atoms with E-state index in [-0.39, 0.29) is 5.56 Å². The van der Waals surface area contributed by atoms with Gasteiger partial charge in [0.05, 0.1) is 0 Å². The molecule has 1 aromatic rings. The van der Waals surface area contributed by atoms with Crippen LogP contribution >= 0.6 is 11.8 Å². The lowest BCUT2D eigenvalue weighted by Gasteiger charge is -2.13. The first-order valence-corrected chi connectivity index (χ1v) is 7.23. The first-order chi connectivity index (χ1) is 9.04. The minimum atomic E-state index is -0.821. The lowest BCUT2D eigenvalue weighted by Crippen LogP contribution is -2.38. The van der Waals surface area contributed by atoms with Crippen LogP contribution in [0, 0.1) is 6.92 Å². The molecule has 19 heavy (non-hydrogen) atoms. The van der Waals surface area contributed by atoms with Crippen molar-refractivity contribution in [2.75, 3.05) is 5.75 Å². The van der Waals surface area contributed by atoms with E-state index in [1.807, 2.05) is 0 Å². The number of hydrogen-bond donors (Lipinski definition) is 3. The Hall–Kier alpha value is -1.34. The van der Waals surface area contributed by atoms with Gasteiger partial charge < -0.3 is 15.4 Å². The highest BCUT2D eigenvalue weighted by Gasteiger charge is 2.27. The van der Waals surface area contributed by atoms with Gasteiger partial charge in [-0.25, -0.2) is 4.98 Å². The van der Waals surface area contributed by atoms with Crippen LogP contribution in [0.15, 0.2) is 16.0 Å². The molecule has 0 bridgehead atoms. The normalized spacial score (nSPS) is 16.3. The maximum atomic E-state index is 11.3. The van der Waals surface area contributed by atoms with Crippen LogP contribution in [0.4, 0.5) is 0 Å². The number of nitrogens with one attached hydrogen (secondary N) is 2. The number of carbonyl (C=O) groups is 1. The summed E-state index contributed by atoms with van der Waals surface area (Å²) in [5.41, 5.74) is 0.484. The van der Waals surface area contributed by atoms with Crippen molar-refractivity contribution in [2.45, 2.75) is 43.4 Å². The zero-order chi connectivity index (χ0) is 13.8. The second kappa shape index (κ2) is 6.21. The highest BCUT2D eigenvalue weighted by molar-refractivity contribution is 7.99. The number of aromatic nitrogens is 2. The summed E-state index contributed by atoms with van der Waals surface area (Å²) in [5.74, 6) is -0.221. The van der Waals surface area contributed by atoms with Crippen LogP contribution in [0.2, 0.25) is 0 Å². The van der Waals surface area contributed by atoms with Crippen molar-refractivity contribution in [1.29, 1.82) is 0 Å². The van der Waals surface area contributed by atoms with E-state index >= 15 is 0 Å². The van der Waals surface area contributed by atoms with Crippen LogP contribution in [0.3, 0.4) is 0 Å². The predicted octanol–water partition coefficient (Wildman–Crippen LogP) is 0.766. The lowest BCUT2D eigenvalue weighted by molar-refractivity contribution is -0.139. The lowest BCUT2D eigenvalue weighted by atomic mass is 10.2. The molecule has 2 rings (SSSR count).